The molecule has 0 amide bonds. The van der Waals surface area contributed by atoms with Gasteiger partial charge in [0.2, 0.25) is 0 Å². The molecule has 0 aliphatic heterocycles. The Morgan fingerprint density at radius 1 is 0.308 bits per heavy atom. The summed E-state index contributed by atoms with van der Waals surface area (Å²) in [5, 5.41) is 18.3. The molecule has 0 bridgehead atoms. The first kappa shape index (κ1) is 37.1. The predicted molar refractivity (Wildman–Crippen MR) is 274 cm³/mol. The van der Waals surface area contributed by atoms with E-state index in [1.165, 1.54) is 15.8 Å². The molecular weight excluding hydrogens is 807 g/mol. The van der Waals surface area contributed by atoms with Gasteiger partial charge in [-0.05, 0) is 105 Å². The highest BCUT2D eigenvalue weighted by molar-refractivity contribution is 7.26. The van der Waals surface area contributed by atoms with Gasteiger partial charge in [-0.3, -0.25) is 0 Å². The first-order valence-corrected chi connectivity index (χ1v) is 22.8. The Labute approximate surface area is 379 Å². The van der Waals surface area contributed by atoms with Crippen molar-refractivity contribution in [2.24, 2.45) is 0 Å². The summed E-state index contributed by atoms with van der Waals surface area (Å²) in [6.45, 7) is 0. The molecular formula is C61H37N3S. The highest BCUT2D eigenvalue weighted by atomic mass is 32.1. The Morgan fingerprint density at radius 3 is 1.05 bits per heavy atom. The Hall–Kier alpha value is -8.49. The van der Waals surface area contributed by atoms with Gasteiger partial charge >= 0.3 is 0 Å². The minimum Gasteiger partial charge on any atom is -0.306 e. The van der Waals surface area contributed by atoms with E-state index < -0.39 is 0 Å². The topological polar surface area (TPSA) is 33.6 Å². The minimum atomic E-state index is 0.617. The van der Waals surface area contributed by atoms with E-state index in [2.05, 4.69) is 240 Å². The fraction of sp³-hybridized carbons (Fsp3) is 0. The van der Waals surface area contributed by atoms with Gasteiger partial charge in [-0.1, -0.05) is 164 Å². The second-order valence-electron chi connectivity index (χ2n) is 16.8. The molecule has 302 valence electrons. The number of nitriles is 1. The van der Waals surface area contributed by atoms with E-state index in [1.54, 1.807) is 11.3 Å². The number of benzene rings is 10. The SMILES string of the molecule is N#Cc1cc2c(sc3ccccc32)c(-n2c3ccc(-c4ccccc4)cc3c3cc(-c4ccccc4)ccc32)c1-n1c2ccc(-c3ccccc3)cc2c2cc(-c3ccccc3)ccc21. The van der Waals surface area contributed by atoms with E-state index in [4.69, 9.17) is 0 Å². The van der Waals surface area contributed by atoms with Crippen molar-refractivity contribution in [3.05, 3.63) is 230 Å². The molecule has 0 fully saturated rings. The molecule has 0 aliphatic carbocycles. The zero-order chi connectivity index (χ0) is 43.0. The molecule has 13 rings (SSSR count). The molecule has 65 heavy (non-hydrogen) atoms. The van der Waals surface area contributed by atoms with Gasteiger partial charge in [0.1, 0.15) is 6.07 Å². The van der Waals surface area contributed by atoms with Crippen molar-refractivity contribution in [2.75, 3.05) is 0 Å². The van der Waals surface area contributed by atoms with Gasteiger partial charge in [0.05, 0.1) is 43.7 Å². The van der Waals surface area contributed by atoms with E-state index in [0.717, 1.165) is 104 Å². The van der Waals surface area contributed by atoms with E-state index >= 15 is 0 Å². The second kappa shape index (κ2) is 14.8. The Balaban J connectivity index is 1.19. The number of fused-ring (bicyclic) bond motifs is 9. The fourth-order valence-electron chi connectivity index (χ4n) is 10.1. The summed E-state index contributed by atoms with van der Waals surface area (Å²) in [5.41, 5.74) is 16.0. The number of hydrogen-bond donors (Lipinski definition) is 0. The van der Waals surface area contributed by atoms with Crippen LogP contribution in [0, 0.1) is 11.3 Å². The molecule has 3 aromatic heterocycles. The number of thiophene rings is 1. The highest BCUT2D eigenvalue weighted by Crippen LogP contribution is 2.48. The lowest BCUT2D eigenvalue weighted by Crippen LogP contribution is -2.06. The summed E-state index contributed by atoms with van der Waals surface area (Å²) in [6, 6.07) is 83.4. The maximum Gasteiger partial charge on any atom is 0.101 e. The third-order valence-corrected chi connectivity index (χ3v) is 14.3. The summed E-state index contributed by atoms with van der Waals surface area (Å²) in [7, 11) is 0. The molecule has 13 aromatic rings. The van der Waals surface area contributed by atoms with Crippen molar-refractivity contribution in [3.8, 4) is 62.0 Å². The smallest absolute Gasteiger partial charge is 0.101 e. The first-order chi connectivity index (χ1) is 32.2. The van der Waals surface area contributed by atoms with Crippen LogP contribution in [-0.2, 0) is 0 Å². The van der Waals surface area contributed by atoms with Crippen molar-refractivity contribution >= 4 is 75.1 Å². The lowest BCUT2D eigenvalue weighted by atomic mass is 10.0. The van der Waals surface area contributed by atoms with Gasteiger partial charge in [0, 0.05) is 37.0 Å². The molecule has 0 saturated carbocycles. The standard InChI is InChI=1S/C61H37N3S/c62-38-47-37-53-48-23-13-14-24-58(48)65-61(53)60(64-56-31-27-45(41-19-9-3-10-20-41)35-51(56)52-36-46(28-32-57(52)64)42-21-11-4-12-22-42)59(47)63-54-29-25-43(39-15-5-1-6-16-39)33-49(54)50-34-44(26-30-55(50)63)40-17-7-2-8-18-40/h1-37H. The van der Waals surface area contributed by atoms with Crippen LogP contribution >= 0.6 is 11.3 Å². The van der Waals surface area contributed by atoms with E-state index in [-0.39, 0.29) is 0 Å². The van der Waals surface area contributed by atoms with E-state index in [9.17, 15) is 5.26 Å². The number of hydrogen-bond acceptors (Lipinski definition) is 2. The molecule has 0 atom stereocenters. The lowest BCUT2D eigenvalue weighted by Gasteiger charge is -2.20. The molecule has 10 aromatic carbocycles. The van der Waals surface area contributed by atoms with Gasteiger partial charge in [0.25, 0.3) is 0 Å². The summed E-state index contributed by atoms with van der Waals surface area (Å²) in [4.78, 5) is 0. The van der Waals surface area contributed by atoms with Crippen LogP contribution in [0.4, 0.5) is 0 Å². The lowest BCUT2D eigenvalue weighted by molar-refractivity contribution is 1.10. The molecule has 4 heteroatoms. The van der Waals surface area contributed by atoms with Crippen LogP contribution in [-0.4, -0.2) is 9.13 Å². The van der Waals surface area contributed by atoms with Crippen molar-refractivity contribution < 1.29 is 0 Å². The van der Waals surface area contributed by atoms with Gasteiger partial charge in [-0.15, -0.1) is 11.3 Å². The minimum absolute atomic E-state index is 0.617. The maximum absolute atomic E-state index is 11.5. The van der Waals surface area contributed by atoms with Crippen LogP contribution < -0.4 is 0 Å². The number of aromatic nitrogens is 2. The average molecular weight is 844 g/mol. The normalized spacial score (nSPS) is 11.7. The molecule has 0 aliphatic rings. The zero-order valence-corrected chi connectivity index (χ0v) is 35.9. The molecule has 0 spiro atoms. The quantitative estimate of drug-likeness (QED) is 0.164. The van der Waals surface area contributed by atoms with E-state index in [0.29, 0.717) is 5.56 Å². The molecule has 0 unspecified atom stereocenters. The predicted octanol–water partition coefficient (Wildman–Crippen LogP) is 16.8. The first-order valence-electron chi connectivity index (χ1n) is 22.0. The van der Waals surface area contributed by atoms with Crippen LogP contribution in [0.5, 0.6) is 0 Å². The van der Waals surface area contributed by atoms with Crippen molar-refractivity contribution in [1.82, 2.24) is 9.13 Å². The summed E-state index contributed by atoms with van der Waals surface area (Å²) >= 11 is 1.80. The Morgan fingerprint density at radius 2 is 0.662 bits per heavy atom. The maximum atomic E-state index is 11.5. The van der Waals surface area contributed by atoms with Crippen LogP contribution in [0.1, 0.15) is 5.56 Å². The second-order valence-corrected chi connectivity index (χ2v) is 17.8. The average Bonchev–Trinajstić information content (AvgIpc) is 4.03. The zero-order valence-electron chi connectivity index (χ0n) is 35.1. The fourth-order valence-corrected chi connectivity index (χ4v) is 11.3. The van der Waals surface area contributed by atoms with Crippen molar-refractivity contribution in [1.29, 1.82) is 5.26 Å². The Bertz CT molecular complexity index is 3850. The van der Waals surface area contributed by atoms with E-state index in [1.807, 2.05) is 0 Å². The molecule has 3 nitrogen and oxygen atoms in total. The highest BCUT2D eigenvalue weighted by Gasteiger charge is 2.27. The van der Waals surface area contributed by atoms with Gasteiger partial charge in [0.15, 0.2) is 0 Å². The van der Waals surface area contributed by atoms with Gasteiger partial charge in [-0.2, -0.15) is 5.26 Å². The van der Waals surface area contributed by atoms with Crippen molar-refractivity contribution in [3.63, 3.8) is 0 Å². The monoisotopic (exact) mass is 843 g/mol. The summed E-state index contributed by atoms with van der Waals surface area (Å²) in [6.07, 6.45) is 0. The van der Waals surface area contributed by atoms with Crippen LogP contribution in [0.15, 0.2) is 224 Å². The third-order valence-electron chi connectivity index (χ3n) is 13.1. The largest absolute Gasteiger partial charge is 0.306 e. The molecule has 0 saturated heterocycles. The Kier molecular flexibility index (Phi) is 8.46. The van der Waals surface area contributed by atoms with Crippen LogP contribution in [0.3, 0.4) is 0 Å². The van der Waals surface area contributed by atoms with Crippen LogP contribution in [0.25, 0.3) is 120 Å². The molecule has 0 radical (unpaired) electrons. The molecule has 3 heterocycles. The third kappa shape index (κ3) is 5.87. The summed E-state index contributed by atoms with van der Waals surface area (Å²) in [5.74, 6) is 0. The summed E-state index contributed by atoms with van der Waals surface area (Å²) < 4.78 is 7.15. The number of rotatable bonds is 6. The van der Waals surface area contributed by atoms with Gasteiger partial charge in [-0.25, -0.2) is 0 Å². The van der Waals surface area contributed by atoms with Crippen molar-refractivity contribution in [2.45, 2.75) is 0 Å². The van der Waals surface area contributed by atoms with Gasteiger partial charge < -0.3 is 9.13 Å². The number of nitrogens with zero attached hydrogens (tertiary/aromatic N) is 3. The molecule has 0 N–H and O–H groups in total. The van der Waals surface area contributed by atoms with Crippen LogP contribution in [0.2, 0.25) is 0 Å².